The van der Waals surface area contributed by atoms with Crippen LogP contribution in [-0.4, -0.2) is 46.8 Å². The summed E-state index contributed by atoms with van der Waals surface area (Å²) < 4.78 is 26.3. The van der Waals surface area contributed by atoms with E-state index in [2.05, 4.69) is 10.3 Å². The molecule has 7 nitrogen and oxygen atoms in total. The molecule has 3 heterocycles. The van der Waals surface area contributed by atoms with Crippen molar-refractivity contribution >= 4 is 28.8 Å². The first-order valence-corrected chi connectivity index (χ1v) is 12.3. The molecule has 0 aliphatic carbocycles. The van der Waals surface area contributed by atoms with Gasteiger partial charge in [0.2, 0.25) is 5.91 Å². The third-order valence-corrected chi connectivity index (χ3v) is 6.60. The Morgan fingerprint density at radius 3 is 2.76 bits per heavy atom. The van der Waals surface area contributed by atoms with Gasteiger partial charge in [0, 0.05) is 24.4 Å². The number of halogens is 1. The minimum atomic E-state index is -0.796. The van der Waals surface area contributed by atoms with Crippen molar-refractivity contribution < 1.29 is 23.5 Å². The number of amides is 1. The van der Waals surface area contributed by atoms with Gasteiger partial charge in [0.05, 0.1) is 29.8 Å². The van der Waals surface area contributed by atoms with E-state index in [9.17, 15) is 9.59 Å². The van der Waals surface area contributed by atoms with E-state index in [1.807, 2.05) is 5.41 Å². The Kier molecular flexibility index (Phi) is 7.14. The molecule has 34 heavy (non-hydrogen) atoms. The molecule has 2 atom stereocenters. The van der Waals surface area contributed by atoms with Gasteiger partial charge in [0.25, 0.3) is 0 Å². The van der Waals surface area contributed by atoms with Gasteiger partial charge in [-0.1, -0.05) is 30.0 Å². The predicted octanol–water partition coefficient (Wildman–Crippen LogP) is 4.43. The lowest BCUT2D eigenvalue weighted by Gasteiger charge is -2.37. The Hall–Kier alpha value is -2.65. The van der Waals surface area contributed by atoms with Crippen molar-refractivity contribution in [1.29, 1.82) is 0 Å². The van der Waals surface area contributed by atoms with Crippen molar-refractivity contribution in [2.45, 2.75) is 64.7 Å². The van der Waals surface area contributed by atoms with Gasteiger partial charge >= 0.3 is 5.97 Å². The van der Waals surface area contributed by atoms with Crippen LogP contribution in [0.2, 0.25) is 0 Å². The number of esters is 1. The lowest BCUT2D eigenvalue weighted by atomic mass is 9.93. The van der Waals surface area contributed by atoms with E-state index in [0.29, 0.717) is 28.7 Å². The highest BCUT2D eigenvalue weighted by molar-refractivity contribution is 8.16. The van der Waals surface area contributed by atoms with Gasteiger partial charge in [0.15, 0.2) is 5.17 Å². The van der Waals surface area contributed by atoms with Crippen LogP contribution in [0.1, 0.15) is 58.6 Å². The molecule has 2 unspecified atom stereocenters. The largest absolute Gasteiger partial charge is 0.456 e. The summed E-state index contributed by atoms with van der Waals surface area (Å²) in [6, 6.07) is 5.56. The second-order valence-corrected chi connectivity index (χ2v) is 10.4. The van der Waals surface area contributed by atoms with Crippen LogP contribution in [0.15, 0.2) is 51.6 Å². The molecule has 1 aromatic carbocycles. The van der Waals surface area contributed by atoms with Gasteiger partial charge in [-0.2, -0.15) is 0 Å². The summed E-state index contributed by atoms with van der Waals surface area (Å²) >= 11 is 1.36. The molecular formula is C25H30FN3O4S. The topological polar surface area (TPSA) is 80.2 Å². The normalized spacial score (nSPS) is 22.3. The fourth-order valence-electron chi connectivity index (χ4n) is 4.21. The van der Waals surface area contributed by atoms with E-state index in [1.165, 1.54) is 17.8 Å². The summed E-state index contributed by atoms with van der Waals surface area (Å²) in [5, 5.41) is 5.36. The third-order valence-electron chi connectivity index (χ3n) is 5.71. The quantitative estimate of drug-likeness (QED) is 0.598. The summed E-state index contributed by atoms with van der Waals surface area (Å²) in [7, 11) is 0. The van der Waals surface area contributed by atoms with Crippen LogP contribution in [0.5, 0.6) is 0 Å². The zero-order valence-corrected chi connectivity index (χ0v) is 20.7. The standard InChI is InChI=1S/C25H30FN3O4S/c1-15-21(23(31)33-25(2,3)4)22(18-9-5-6-10-19(18)26)29-16(14-34-24(29)28-15)12-20(30)27-13-17-8-7-11-32-17/h5-6,9-10,14,17,22H,7-8,11-13H2,1-4H3,(H,27,30). The van der Waals surface area contributed by atoms with Gasteiger partial charge in [-0.25, -0.2) is 14.2 Å². The molecule has 3 aliphatic heterocycles. The molecule has 0 saturated carbocycles. The van der Waals surface area contributed by atoms with Gasteiger partial charge < -0.3 is 19.7 Å². The smallest absolute Gasteiger partial charge is 0.338 e. The second kappa shape index (κ2) is 9.92. The zero-order valence-electron chi connectivity index (χ0n) is 19.9. The summed E-state index contributed by atoms with van der Waals surface area (Å²) in [6.07, 6.45) is 2.04. The minimum absolute atomic E-state index is 0.0403. The molecule has 182 valence electrons. The maximum Gasteiger partial charge on any atom is 0.338 e. The number of carbonyl (C=O) groups excluding carboxylic acids is 2. The van der Waals surface area contributed by atoms with Gasteiger partial charge in [-0.15, -0.1) is 0 Å². The Bertz CT molecular complexity index is 1070. The lowest BCUT2D eigenvalue weighted by Crippen LogP contribution is -2.40. The minimum Gasteiger partial charge on any atom is -0.456 e. The number of thioether (sulfide) groups is 1. The third kappa shape index (κ3) is 5.36. The summed E-state index contributed by atoms with van der Waals surface area (Å²) in [5.41, 5.74) is 0.976. The first-order valence-electron chi connectivity index (χ1n) is 11.4. The predicted molar refractivity (Wildman–Crippen MR) is 129 cm³/mol. The number of ether oxygens (including phenoxy) is 2. The maximum atomic E-state index is 15.1. The number of hydrogen-bond acceptors (Lipinski definition) is 7. The van der Waals surface area contributed by atoms with E-state index in [1.54, 1.807) is 50.8 Å². The van der Waals surface area contributed by atoms with Crippen molar-refractivity contribution in [2.75, 3.05) is 13.2 Å². The van der Waals surface area contributed by atoms with Crippen molar-refractivity contribution in [1.82, 2.24) is 10.2 Å². The Labute approximate surface area is 203 Å². The van der Waals surface area contributed by atoms with Crippen LogP contribution in [0.3, 0.4) is 0 Å². The number of nitrogens with one attached hydrogen (secondary N) is 1. The second-order valence-electron chi connectivity index (χ2n) is 9.53. The van der Waals surface area contributed by atoms with Crippen molar-refractivity contribution in [3.05, 3.63) is 58.0 Å². The van der Waals surface area contributed by atoms with Crippen molar-refractivity contribution in [3.8, 4) is 0 Å². The molecule has 4 rings (SSSR count). The lowest BCUT2D eigenvalue weighted by molar-refractivity contribution is -0.150. The molecule has 0 bridgehead atoms. The Morgan fingerprint density at radius 2 is 2.09 bits per heavy atom. The summed E-state index contributed by atoms with van der Waals surface area (Å²) in [6.45, 7) is 8.26. The maximum absolute atomic E-state index is 15.1. The van der Waals surface area contributed by atoms with Crippen LogP contribution in [0.4, 0.5) is 4.39 Å². The fourth-order valence-corrected chi connectivity index (χ4v) is 5.18. The molecule has 0 aromatic heterocycles. The number of rotatable bonds is 6. The van der Waals surface area contributed by atoms with Crippen molar-refractivity contribution in [3.63, 3.8) is 0 Å². The summed E-state index contributed by atoms with van der Waals surface area (Å²) in [4.78, 5) is 32.4. The molecule has 1 fully saturated rings. The number of aliphatic imine (C=N–C) groups is 1. The molecule has 0 spiro atoms. The van der Waals surface area contributed by atoms with Crippen LogP contribution >= 0.6 is 11.8 Å². The van der Waals surface area contributed by atoms with Crippen LogP contribution in [-0.2, 0) is 19.1 Å². The number of benzene rings is 1. The van der Waals surface area contributed by atoms with Gasteiger partial charge in [-0.3, -0.25) is 4.79 Å². The zero-order chi connectivity index (χ0) is 24.5. The van der Waals surface area contributed by atoms with Crippen LogP contribution in [0, 0.1) is 5.82 Å². The molecule has 1 N–H and O–H groups in total. The molecule has 9 heteroatoms. The van der Waals surface area contributed by atoms with Crippen LogP contribution in [0.25, 0.3) is 0 Å². The number of hydrogen-bond donors (Lipinski definition) is 1. The van der Waals surface area contributed by atoms with E-state index in [-0.39, 0.29) is 24.0 Å². The molecule has 3 aliphatic rings. The first kappa shape index (κ1) is 24.5. The molecule has 0 radical (unpaired) electrons. The molecule has 1 amide bonds. The molecule has 1 saturated heterocycles. The van der Waals surface area contributed by atoms with E-state index in [4.69, 9.17) is 9.47 Å². The average molecular weight is 488 g/mol. The van der Waals surface area contributed by atoms with Crippen LogP contribution < -0.4 is 5.32 Å². The number of fused-ring (bicyclic) bond motifs is 1. The highest BCUT2D eigenvalue weighted by Gasteiger charge is 2.42. The van der Waals surface area contributed by atoms with E-state index in [0.717, 1.165) is 19.4 Å². The number of allylic oxidation sites excluding steroid dienone is 1. The first-order chi connectivity index (χ1) is 16.1. The number of amidine groups is 1. The van der Waals surface area contributed by atoms with Gasteiger partial charge in [-0.05, 0) is 52.0 Å². The van der Waals surface area contributed by atoms with E-state index >= 15 is 4.39 Å². The fraction of sp³-hybridized carbons (Fsp3) is 0.480. The Balaban J connectivity index is 1.63. The number of carbonyl (C=O) groups is 2. The highest BCUT2D eigenvalue weighted by Crippen LogP contribution is 2.45. The SMILES string of the molecule is CC1=C(C(=O)OC(C)(C)C)C(c2ccccc2F)N2C(CC(=O)NCC3CCCO3)=CSC2=N1. The molecular weight excluding hydrogens is 457 g/mol. The van der Waals surface area contributed by atoms with E-state index < -0.39 is 23.4 Å². The average Bonchev–Trinajstić information content (AvgIpc) is 3.40. The summed E-state index contributed by atoms with van der Waals surface area (Å²) in [5.74, 6) is -1.16. The van der Waals surface area contributed by atoms with Gasteiger partial charge in [0.1, 0.15) is 11.4 Å². The monoisotopic (exact) mass is 487 g/mol. The van der Waals surface area contributed by atoms with Crippen molar-refractivity contribution in [2.24, 2.45) is 4.99 Å². The highest BCUT2D eigenvalue weighted by atomic mass is 32.2. The number of nitrogens with zero attached hydrogens (tertiary/aromatic N) is 2. The molecule has 1 aromatic rings. The Morgan fingerprint density at radius 1 is 1.32 bits per heavy atom.